The Bertz CT molecular complexity index is 386. The summed E-state index contributed by atoms with van der Waals surface area (Å²) in [6, 6.07) is 8.18. The van der Waals surface area contributed by atoms with E-state index in [0.29, 0.717) is 5.92 Å². The highest BCUT2D eigenvalue weighted by atomic mass is 14.7. The topological polar surface area (TPSA) is 12.4 Å². The van der Waals surface area contributed by atoms with Crippen molar-refractivity contribution in [2.75, 3.05) is 0 Å². The number of nitrogens with zero attached hydrogens (tertiary/aromatic N) is 1. The summed E-state index contributed by atoms with van der Waals surface area (Å²) in [7, 11) is 0. The van der Waals surface area contributed by atoms with E-state index in [1.165, 1.54) is 43.2 Å². The minimum Gasteiger partial charge on any atom is -0.264 e. The van der Waals surface area contributed by atoms with Gasteiger partial charge in [0.25, 0.3) is 0 Å². The Labute approximate surface area is 97.9 Å². The summed E-state index contributed by atoms with van der Waals surface area (Å²) in [5, 5.41) is 0. The molecule has 16 heavy (non-hydrogen) atoms. The van der Waals surface area contributed by atoms with Gasteiger partial charge >= 0.3 is 0 Å². The summed E-state index contributed by atoms with van der Waals surface area (Å²) < 4.78 is 0. The summed E-state index contributed by atoms with van der Waals surface area (Å²) in [5.41, 5.74) is 3.41. The molecule has 0 aliphatic heterocycles. The molecule has 0 radical (unpaired) electrons. The van der Waals surface area contributed by atoms with Gasteiger partial charge in [-0.15, -0.1) is 0 Å². The van der Waals surface area contributed by atoms with E-state index in [2.05, 4.69) is 30.4 Å². The van der Waals surface area contributed by atoms with Gasteiger partial charge in [0, 0.05) is 5.56 Å². The fourth-order valence-corrected chi connectivity index (χ4v) is 2.55. The van der Waals surface area contributed by atoms with Gasteiger partial charge in [-0.25, -0.2) is 0 Å². The maximum Gasteiger partial charge on any atom is 0.0697 e. The van der Waals surface area contributed by atoms with Crippen molar-refractivity contribution in [1.82, 2.24) is 0 Å². The van der Waals surface area contributed by atoms with Gasteiger partial charge in [-0.2, -0.15) is 0 Å². The van der Waals surface area contributed by atoms with Crippen LogP contribution in [-0.4, -0.2) is 6.72 Å². The first-order valence-electron chi connectivity index (χ1n) is 6.08. The molecule has 1 fully saturated rings. The highest BCUT2D eigenvalue weighted by molar-refractivity contribution is 5.75. The number of aliphatic imine (C=N–C) groups is 1. The normalized spacial score (nSPS) is 17.0. The van der Waals surface area contributed by atoms with Crippen molar-refractivity contribution in [2.45, 2.75) is 32.1 Å². The monoisotopic (exact) mass is 213 g/mol. The zero-order valence-corrected chi connectivity index (χ0v) is 9.78. The predicted octanol–water partition coefficient (Wildman–Crippen LogP) is 4.61. The number of rotatable bonds is 3. The fourth-order valence-electron chi connectivity index (χ4n) is 2.55. The van der Waals surface area contributed by atoms with Crippen LogP contribution in [0.4, 0.5) is 5.69 Å². The fraction of sp³-hybridized carbons (Fsp3) is 0.400. The third kappa shape index (κ3) is 2.24. The molecule has 0 heterocycles. The van der Waals surface area contributed by atoms with Crippen molar-refractivity contribution in [3.63, 3.8) is 0 Å². The van der Waals surface area contributed by atoms with Crippen LogP contribution < -0.4 is 0 Å². The minimum absolute atomic E-state index is 0.650. The van der Waals surface area contributed by atoms with Crippen LogP contribution in [0, 0.1) is 5.92 Å². The lowest BCUT2D eigenvalue weighted by atomic mass is 9.81. The number of para-hydroxylation sites is 1. The quantitative estimate of drug-likeness (QED) is 0.650. The van der Waals surface area contributed by atoms with Gasteiger partial charge in [0.05, 0.1) is 5.69 Å². The third-order valence-electron chi connectivity index (χ3n) is 3.52. The van der Waals surface area contributed by atoms with Gasteiger partial charge in [0.2, 0.25) is 0 Å². The first-order valence-corrected chi connectivity index (χ1v) is 6.08. The highest BCUT2D eigenvalue weighted by Crippen LogP contribution is 2.37. The number of hydrogen-bond donors (Lipinski definition) is 0. The van der Waals surface area contributed by atoms with Crippen LogP contribution in [0.2, 0.25) is 0 Å². The lowest BCUT2D eigenvalue weighted by Gasteiger charge is -2.24. The maximum atomic E-state index is 4.27. The Kier molecular flexibility index (Phi) is 3.55. The van der Waals surface area contributed by atoms with Gasteiger partial charge in [0.15, 0.2) is 0 Å². The van der Waals surface area contributed by atoms with Crippen LogP contribution in [-0.2, 0) is 0 Å². The van der Waals surface area contributed by atoms with E-state index in [-0.39, 0.29) is 0 Å². The van der Waals surface area contributed by atoms with Gasteiger partial charge in [-0.3, -0.25) is 4.99 Å². The summed E-state index contributed by atoms with van der Waals surface area (Å²) >= 11 is 0. The number of hydrogen-bond acceptors (Lipinski definition) is 1. The Morgan fingerprint density at radius 1 is 1.12 bits per heavy atom. The molecule has 1 aliphatic rings. The highest BCUT2D eigenvalue weighted by Gasteiger charge is 2.18. The van der Waals surface area contributed by atoms with E-state index < -0.39 is 0 Å². The zero-order chi connectivity index (χ0) is 11.4. The molecule has 0 amide bonds. The van der Waals surface area contributed by atoms with Crippen LogP contribution in [0.3, 0.4) is 0 Å². The van der Waals surface area contributed by atoms with Crippen molar-refractivity contribution < 1.29 is 0 Å². The van der Waals surface area contributed by atoms with E-state index in [4.69, 9.17) is 0 Å². The lowest BCUT2D eigenvalue weighted by Crippen LogP contribution is -2.07. The van der Waals surface area contributed by atoms with E-state index in [1.807, 2.05) is 12.1 Å². The molecule has 1 saturated carbocycles. The van der Waals surface area contributed by atoms with E-state index in [0.717, 1.165) is 5.69 Å². The van der Waals surface area contributed by atoms with Crippen LogP contribution in [0.1, 0.15) is 37.7 Å². The zero-order valence-electron chi connectivity index (χ0n) is 9.78. The molecule has 1 aromatic carbocycles. The molecule has 2 rings (SSSR count). The second kappa shape index (κ2) is 5.11. The van der Waals surface area contributed by atoms with E-state index >= 15 is 0 Å². The van der Waals surface area contributed by atoms with Crippen LogP contribution in [0.25, 0.3) is 5.57 Å². The predicted molar refractivity (Wildman–Crippen MR) is 71.3 cm³/mol. The smallest absolute Gasteiger partial charge is 0.0697 e. The van der Waals surface area contributed by atoms with Crippen LogP contribution in [0.5, 0.6) is 0 Å². The molecular formula is C15H19N. The Morgan fingerprint density at radius 2 is 1.81 bits per heavy atom. The largest absolute Gasteiger partial charge is 0.264 e. The van der Waals surface area contributed by atoms with Crippen molar-refractivity contribution >= 4 is 18.0 Å². The first-order chi connectivity index (χ1) is 7.83. The van der Waals surface area contributed by atoms with Crippen molar-refractivity contribution in [3.05, 3.63) is 36.4 Å². The van der Waals surface area contributed by atoms with Gasteiger partial charge in [-0.05, 0) is 37.1 Å². The standard InChI is InChI=1S/C15H19N/c1-12(13-8-4-3-5-9-13)14-10-6-7-11-15(14)16-2/h6-7,10-11,13H,1-5,8-9H2. The molecule has 1 aromatic rings. The number of allylic oxidation sites excluding steroid dienone is 1. The van der Waals surface area contributed by atoms with Gasteiger partial charge < -0.3 is 0 Å². The maximum absolute atomic E-state index is 4.27. The molecule has 84 valence electrons. The molecule has 1 nitrogen and oxygen atoms in total. The average Bonchev–Trinajstić information content (AvgIpc) is 2.39. The van der Waals surface area contributed by atoms with Crippen molar-refractivity contribution in [3.8, 4) is 0 Å². The Morgan fingerprint density at radius 3 is 2.50 bits per heavy atom. The first kappa shape index (κ1) is 11.1. The molecule has 0 saturated heterocycles. The summed E-state index contributed by atoms with van der Waals surface area (Å²) in [6.07, 6.45) is 6.63. The van der Waals surface area contributed by atoms with Crippen molar-refractivity contribution in [1.29, 1.82) is 0 Å². The number of benzene rings is 1. The Hall–Kier alpha value is -1.37. The van der Waals surface area contributed by atoms with E-state index in [9.17, 15) is 0 Å². The molecule has 0 spiro atoms. The van der Waals surface area contributed by atoms with Crippen LogP contribution in [0.15, 0.2) is 35.8 Å². The lowest BCUT2D eigenvalue weighted by molar-refractivity contribution is 0.430. The van der Waals surface area contributed by atoms with Gasteiger partial charge in [-0.1, -0.05) is 44.0 Å². The van der Waals surface area contributed by atoms with Crippen molar-refractivity contribution in [2.24, 2.45) is 10.9 Å². The minimum atomic E-state index is 0.650. The molecule has 1 aliphatic carbocycles. The second-order valence-corrected chi connectivity index (χ2v) is 4.54. The molecule has 1 heteroatoms. The van der Waals surface area contributed by atoms with E-state index in [1.54, 1.807) is 0 Å². The third-order valence-corrected chi connectivity index (χ3v) is 3.52. The second-order valence-electron chi connectivity index (χ2n) is 4.54. The molecule has 0 atom stereocenters. The molecule has 0 bridgehead atoms. The molecule has 0 unspecified atom stereocenters. The SMILES string of the molecule is C=Nc1ccccc1C(=C)C1CCCCC1. The Balaban J connectivity index is 2.22. The molecule has 0 aromatic heterocycles. The summed E-state index contributed by atoms with van der Waals surface area (Å²) in [6.45, 7) is 7.90. The average molecular weight is 213 g/mol. The summed E-state index contributed by atoms with van der Waals surface area (Å²) in [5.74, 6) is 0.650. The molecule has 0 N–H and O–H groups in total. The molecular weight excluding hydrogens is 194 g/mol. The van der Waals surface area contributed by atoms with Crippen LogP contribution >= 0.6 is 0 Å². The summed E-state index contributed by atoms with van der Waals surface area (Å²) in [4.78, 5) is 4.08. The van der Waals surface area contributed by atoms with Gasteiger partial charge in [0.1, 0.15) is 0 Å².